The molecule has 0 N–H and O–H groups in total. The molecule has 0 aromatic heterocycles. The van der Waals surface area contributed by atoms with Gasteiger partial charge in [-0.05, 0) is 56.2 Å². The van der Waals surface area contributed by atoms with Crippen molar-refractivity contribution in [1.82, 2.24) is 4.90 Å². The second kappa shape index (κ2) is 8.00. The van der Waals surface area contributed by atoms with E-state index in [1.165, 1.54) is 16.8 Å². The van der Waals surface area contributed by atoms with Gasteiger partial charge in [0.15, 0.2) is 6.10 Å². The lowest BCUT2D eigenvalue weighted by molar-refractivity contribution is -0.138. The summed E-state index contributed by atoms with van der Waals surface area (Å²) in [4.78, 5) is 16.9. The fraction of sp³-hybridized carbons (Fsp3) is 0.381. The van der Waals surface area contributed by atoms with Crippen LogP contribution >= 0.6 is 11.6 Å². The molecular weight excluding hydrogens is 348 g/mol. The first kappa shape index (κ1) is 18.6. The van der Waals surface area contributed by atoms with Crippen molar-refractivity contribution in [3.8, 4) is 5.75 Å². The van der Waals surface area contributed by atoms with Gasteiger partial charge in [-0.2, -0.15) is 0 Å². The lowest BCUT2D eigenvalue weighted by Crippen LogP contribution is -2.52. The molecule has 0 radical (unpaired) electrons. The third-order valence-corrected chi connectivity index (χ3v) is 5.20. The van der Waals surface area contributed by atoms with Gasteiger partial charge in [-0.25, -0.2) is 0 Å². The van der Waals surface area contributed by atoms with E-state index in [1.54, 1.807) is 19.1 Å². The van der Waals surface area contributed by atoms with Crippen LogP contribution in [0.2, 0.25) is 5.02 Å². The molecule has 2 aromatic rings. The van der Waals surface area contributed by atoms with Gasteiger partial charge in [0.05, 0.1) is 0 Å². The molecule has 1 aliphatic rings. The SMILES string of the molecule is Cc1cccc(N2CCN(C(=O)[C@@H](C)Oc3cccc(Cl)c3)CC2)c1C. The fourth-order valence-corrected chi connectivity index (χ4v) is 3.48. The second-order valence-electron chi connectivity index (χ2n) is 6.75. The van der Waals surface area contributed by atoms with E-state index in [2.05, 4.69) is 36.9 Å². The maximum Gasteiger partial charge on any atom is 0.263 e. The predicted molar refractivity (Wildman–Crippen MR) is 106 cm³/mol. The van der Waals surface area contributed by atoms with Crippen LogP contribution in [-0.2, 0) is 4.79 Å². The number of amides is 1. The van der Waals surface area contributed by atoms with E-state index in [-0.39, 0.29) is 5.91 Å². The molecule has 1 fully saturated rings. The predicted octanol–water partition coefficient (Wildman–Crippen LogP) is 4.07. The van der Waals surface area contributed by atoms with Crippen LogP contribution in [0.3, 0.4) is 0 Å². The van der Waals surface area contributed by atoms with E-state index in [0.29, 0.717) is 23.9 Å². The average Bonchev–Trinajstić information content (AvgIpc) is 2.63. The maximum atomic E-state index is 12.7. The zero-order valence-corrected chi connectivity index (χ0v) is 16.3. The number of nitrogens with zero attached hydrogens (tertiary/aromatic N) is 2. The summed E-state index contributed by atoms with van der Waals surface area (Å²) >= 11 is 5.97. The Balaban J connectivity index is 1.58. The zero-order chi connectivity index (χ0) is 18.7. The van der Waals surface area contributed by atoms with Gasteiger partial charge in [0.2, 0.25) is 0 Å². The number of carbonyl (C=O) groups excluding carboxylic acids is 1. The number of benzene rings is 2. The van der Waals surface area contributed by atoms with E-state index in [0.717, 1.165) is 13.1 Å². The standard InChI is InChI=1S/C21H25ClN2O2/c1-15-6-4-9-20(16(15)2)23-10-12-24(13-11-23)21(25)17(3)26-19-8-5-7-18(22)14-19/h4-9,14,17H,10-13H2,1-3H3/t17-/m1/s1. The molecule has 0 spiro atoms. The van der Waals surface area contributed by atoms with Crippen molar-refractivity contribution < 1.29 is 9.53 Å². The summed E-state index contributed by atoms with van der Waals surface area (Å²) in [5, 5.41) is 0.601. The van der Waals surface area contributed by atoms with E-state index in [1.807, 2.05) is 17.0 Å². The Morgan fingerprint density at radius 1 is 1.08 bits per heavy atom. The van der Waals surface area contributed by atoms with E-state index in [4.69, 9.17) is 16.3 Å². The van der Waals surface area contributed by atoms with E-state index >= 15 is 0 Å². The summed E-state index contributed by atoms with van der Waals surface area (Å²) in [5.74, 6) is 0.637. The van der Waals surface area contributed by atoms with Crippen LogP contribution in [0.15, 0.2) is 42.5 Å². The van der Waals surface area contributed by atoms with Crippen LogP contribution in [0.25, 0.3) is 0 Å². The van der Waals surface area contributed by atoms with E-state index in [9.17, 15) is 4.79 Å². The number of halogens is 1. The Hall–Kier alpha value is -2.20. The van der Waals surface area contributed by atoms with Crippen LogP contribution in [-0.4, -0.2) is 43.1 Å². The smallest absolute Gasteiger partial charge is 0.263 e. The number of rotatable bonds is 4. The third-order valence-electron chi connectivity index (χ3n) is 4.96. The zero-order valence-electron chi connectivity index (χ0n) is 15.5. The first-order chi connectivity index (χ1) is 12.5. The first-order valence-corrected chi connectivity index (χ1v) is 9.35. The Morgan fingerprint density at radius 2 is 1.77 bits per heavy atom. The van der Waals surface area contributed by atoms with Crippen molar-refractivity contribution in [3.63, 3.8) is 0 Å². The Kier molecular flexibility index (Phi) is 5.72. The van der Waals surface area contributed by atoms with Crippen molar-refractivity contribution >= 4 is 23.2 Å². The van der Waals surface area contributed by atoms with Crippen molar-refractivity contribution in [1.29, 1.82) is 0 Å². The molecular formula is C21H25ClN2O2. The van der Waals surface area contributed by atoms with Crippen molar-refractivity contribution in [2.75, 3.05) is 31.1 Å². The first-order valence-electron chi connectivity index (χ1n) is 8.98. The highest BCUT2D eigenvalue weighted by Gasteiger charge is 2.26. The molecule has 0 bridgehead atoms. The Bertz CT molecular complexity index is 785. The quantitative estimate of drug-likeness (QED) is 0.810. The number of piperazine rings is 1. The molecule has 0 aliphatic carbocycles. The topological polar surface area (TPSA) is 32.8 Å². The van der Waals surface area contributed by atoms with Crippen LogP contribution < -0.4 is 9.64 Å². The second-order valence-corrected chi connectivity index (χ2v) is 7.19. The molecule has 4 nitrogen and oxygen atoms in total. The number of carbonyl (C=O) groups is 1. The molecule has 138 valence electrons. The molecule has 3 rings (SSSR count). The highest BCUT2D eigenvalue weighted by Crippen LogP contribution is 2.24. The highest BCUT2D eigenvalue weighted by atomic mass is 35.5. The molecule has 26 heavy (non-hydrogen) atoms. The average molecular weight is 373 g/mol. The highest BCUT2D eigenvalue weighted by molar-refractivity contribution is 6.30. The monoisotopic (exact) mass is 372 g/mol. The number of hydrogen-bond donors (Lipinski definition) is 0. The molecule has 5 heteroatoms. The molecule has 1 amide bonds. The van der Waals surface area contributed by atoms with Gasteiger partial charge >= 0.3 is 0 Å². The number of aryl methyl sites for hydroxylation is 1. The summed E-state index contributed by atoms with van der Waals surface area (Å²) in [5.41, 5.74) is 3.87. The fourth-order valence-electron chi connectivity index (χ4n) is 3.30. The lowest BCUT2D eigenvalue weighted by atomic mass is 10.1. The molecule has 1 saturated heterocycles. The maximum absolute atomic E-state index is 12.7. The summed E-state index contributed by atoms with van der Waals surface area (Å²) < 4.78 is 5.77. The summed E-state index contributed by atoms with van der Waals surface area (Å²) in [6, 6.07) is 13.5. The number of anilines is 1. The van der Waals surface area contributed by atoms with Gasteiger partial charge in [-0.15, -0.1) is 0 Å². The number of hydrogen-bond acceptors (Lipinski definition) is 3. The minimum atomic E-state index is -0.527. The van der Waals surface area contributed by atoms with E-state index < -0.39 is 6.10 Å². The van der Waals surface area contributed by atoms with Crippen molar-refractivity contribution in [3.05, 3.63) is 58.6 Å². The molecule has 0 saturated carbocycles. The van der Waals surface area contributed by atoms with Crippen molar-refractivity contribution in [2.45, 2.75) is 26.9 Å². The Labute approximate surface area is 160 Å². The lowest BCUT2D eigenvalue weighted by Gasteiger charge is -2.38. The molecule has 1 heterocycles. The summed E-state index contributed by atoms with van der Waals surface area (Å²) in [6.07, 6.45) is -0.527. The van der Waals surface area contributed by atoms with Crippen LogP contribution in [0.4, 0.5) is 5.69 Å². The number of ether oxygens (including phenoxy) is 1. The molecule has 1 atom stereocenters. The normalized spacial score (nSPS) is 15.7. The van der Waals surface area contributed by atoms with Gasteiger partial charge in [0.25, 0.3) is 5.91 Å². The van der Waals surface area contributed by atoms with Crippen LogP contribution in [0.1, 0.15) is 18.1 Å². The Morgan fingerprint density at radius 3 is 2.46 bits per heavy atom. The van der Waals surface area contributed by atoms with Crippen molar-refractivity contribution in [2.24, 2.45) is 0 Å². The molecule has 2 aromatic carbocycles. The largest absolute Gasteiger partial charge is 0.481 e. The molecule has 0 unspecified atom stereocenters. The third kappa shape index (κ3) is 4.13. The molecule has 1 aliphatic heterocycles. The van der Waals surface area contributed by atoms with Gasteiger partial charge in [-0.1, -0.05) is 29.8 Å². The minimum Gasteiger partial charge on any atom is -0.481 e. The summed E-state index contributed by atoms with van der Waals surface area (Å²) in [6.45, 7) is 9.15. The van der Waals surface area contributed by atoms with Gasteiger partial charge < -0.3 is 14.5 Å². The van der Waals surface area contributed by atoms with Gasteiger partial charge in [-0.3, -0.25) is 4.79 Å². The summed E-state index contributed by atoms with van der Waals surface area (Å²) in [7, 11) is 0. The minimum absolute atomic E-state index is 0.0191. The van der Waals surface area contributed by atoms with Gasteiger partial charge in [0, 0.05) is 36.9 Å². The van der Waals surface area contributed by atoms with Crippen LogP contribution in [0.5, 0.6) is 5.75 Å². The van der Waals surface area contributed by atoms with Gasteiger partial charge in [0.1, 0.15) is 5.75 Å². The van der Waals surface area contributed by atoms with Crippen LogP contribution in [0, 0.1) is 13.8 Å².